The Bertz CT molecular complexity index is 365. The number of rotatable bonds is 3. The van der Waals surface area contributed by atoms with Crippen molar-refractivity contribution in [3.63, 3.8) is 0 Å². The van der Waals surface area contributed by atoms with Gasteiger partial charge in [-0.1, -0.05) is 0 Å². The first-order chi connectivity index (χ1) is 7.90. The fourth-order valence-corrected chi connectivity index (χ4v) is 1.22. The summed E-state index contributed by atoms with van der Waals surface area (Å²) in [5.74, 6) is 0.780. The normalized spacial score (nSPS) is 10.8. The van der Waals surface area contributed by atoms with Crippen LogP contribution in [-0.2, 0) is 4.74 Å². The molecule has 0 aromatic heterocycles. The molecule has 0 radical (unpaired) electrons. The van der Waals surface area contributed by atoms with Crippen LogP contribution in [0.4, 0.5) is 10.5 Å². The lowest BCUT2D eigenvalue weighted by molar-refractivity contribution is 0.0636. The average Bonchev–Trinajstić information content (AvgIpc) is 2.18. The maximum atomic E-state index is 11.5. The number of hydrogen-bond donors (Lipinski definition) is 1. The maximum absolute atomic E-state index is 11.5. The van der Waals surface area contributed by atoms with Crippen molar-refractivity contribution < 1.29 is 14.3 Å². The van der Waals surface area contributed by atoms with Crippen LogP contribution in [0.2, 0.25) is 0 Å². The molecule has 0 atom stereocenters. The van der Waals surface area contributed by atoms with Crippen LogP contribution in [0.1, 0.15) is 27.7 Å². The summed E-state index contributed by atoms with van der Waals surface area (Å²) in [5, 5.41) is 2.65. The summed E-state index contributed by atoms with van der Waals surface area (Å²) in [4.78, 5) is 11.5. The minimum absolute atomic E-state index is 0.457. The SMILES string of the molecule is CCOc1ccc(NC(=O)OC(C)(C)C)cc1. The van der Waals surface area contributed by atoms with Crippen LogP contribution in [-0.4, -0.2) is 18.3 Å². The zero-order chi connectivity index (χ0) is 12.9. The van der Waals surface area contributed by atoms with Gasteiger partial charge in [-0.2, -0.15) is 0 Å². The number of carbonyl (C=O) groups excluding carboxylic acids is 1. The van der Waals surface area contributed by atoms with Crippen molar-refractivity contribution in [2.45, 2.75) is 33.3 Å². The zero-order valence-corrected chi connectivity index (χ0v) is 10.7. The molecule has 0 fully saturated rings. The van der Waals surface area contributed by atoms with E-state index in [1.807, 2.05) is 27.7 Å². The lowest BCUT2D eigenvalue weighted by Crippen LogP contribution is -2.27. The molecule has 1 amide bonds. The highest BCUT2D eigenvalue weighted by atomic mass is 16.6. The highest BCUT2D eigenvalue weighted by Gasteiger charge is 2.15. The van der Waals surface area contributed by atoms with Crippen molar-refractivity contribution in [2.75, 3.05) is 11.9 Å². The van der Waals surface area contributed by atoms with E-state index in [0.717, 1.165) is 5.75 Å². The van der Waals surface area contributed by atoms with E-state index in [1.165, 1.54) is 0 Å². The minimum atomic E-state index is -0.491. The molecule has 1 aromatic rings. The molecule has 0 heterocycles. The number of nitrogens with one attached hydrogen (secondary N) is 1. The second-order valence-electron chi connectivity index (χ2n) is 4.58. The summed E-state index contributed by atoms with van der Waals surface area (Å²) in [7, 11) is 0. The van der Waals surface area contributed by atoms with E-state index in [9.17, 15) is 4.79 Å². The van der Waals surface area contributed by atoms with E-state index in [4.69, 9.17) is 9.47 Å². The van der Waals surface area contributed by atoms with Crippen molar-refractivity contribution in [3.05, 3.63) is 24.3 Å². The number of benzene rings is 1. The van der Waals surface area contributed by atoms with E-state index in [1.54, 1.807) is 24.3 Å². The van der Waals surface area contributed by atoms with Crippen molar-refractivity contribution >= 4 is 11.8 Å². The Balaban J connectivity index is 2.54. The molecule has 17 heavy (non-hydrogen) atoms. The van der Waals surface area contributed by atoms with Crippen LogP contribution in [0, 0.1) is 0 Å². The molecule has 4 heteroatoms. The molecule has 0 saturated carbocycles. The zero-order valence-electron chi connectivity index (χ0n) is 10.7. The van der Waals surface area contributed by atoms with Crippen LogP contribution in [0.25, 0.3) is 0 Å². The Morgan fingerprint density at radius 2 is 1.82 bits per heavy atom. The summed E-state index contributed by atoms with van der Waals surface area (Å²) in [6.07, 6.45) is -0.457. The fraction of sp³-hybridized carbons (Fsp3) is 0.462. The van der Waals surface area contributed by atoms with Gasteiger partial charge >= 0.3 is 6.09 Å². The summed E-state index contributed by atoms with van der Waals surface area (Å²) < 4.78 is 10.4. The average molecular weight is 237 g/mol. The molecule has 0 aliphatic rings. The Hall–Kier alpha value is -1.71. The second kappa shape index (κ2) is 5.57. The molecular weight excluding hydrogens is 218 g/mol. The number of ether oxygens (including phenoxy) is 2. The molecule has 94 valence electrons. The van der Waals surface area contributed by atoms with Gasteiger partial charge in [-0.3, -0.25) is 5.32 Å². The third-order valence-corrected chi connectivity index (χ3v) is 1.81. The second-order valence-corrected chi connectivity index (χ2v) is 4.58. The summed E-state index contributed by atoms with van der Waals surface area (Å²) in [5.41, 5.74) is 0.192. The molecular formula is C13H19NO3. The Kier molecular flexibility index (Phi) is 4.37. The third kappa shape index (κ3) is 5.24. The maximum Gasteiger partial charge on any atom is 0.412 e. The summed E-state index contributed by atoms with van der Waals surface area (Å²) in [6, 6.07) is 7.15. The van der Waals surface area contributed by atoms with Gasteiger partial charge in [-0.25, -0.2) is 4.79 Å². The lowest BCUT2D eigenvalue weighted by Gasteiger charge is -2.19. The first-order valence-corrected chi connectivity index (χ1v) is 5.63. The third-order valence-electron chi connectivity index (χ3n) is 1.81. The van der Waals surface area contributed by atoms with Gasteiger partial charge < -0.3 is 9.47 Å². The molecule has 1 aromatic carbocycles. The predicted octanol–water partition coefficient (Wildman–Crippen LogP) is 3.43. The Morgan fingerprint density at radius 1 is 1.24 bits per heavy atom. The molecule has 0 saturated heterocycles. The number of anilines is 1. The van der Waals surface area contributed by atoms with Gasteiger partial charge in [0.05, 0.1) is 6.61 Å². The highest BCUT2D eigenvalue weighted by Crippen LogP contribution is 2.16. The molecule has 0 spiro atoms. The van der Waals surface area contributed by atoms with Gasteiger partial charge in [0.15, 0.2) is 0 Å². The van der Waals surface area contributed by atoms with Crippen molar-refractivity contribution in [3.8, 4) is 5.75 Å². The Labute approximate surface area is 102 Å². The van der Waals surface area contributed by atoms with Gasteiger partial charge in [0.1, 0.15) is 11.4 Å². The summed E-state index contributed by atoms with van der Waals surface area (Å²) in [6.45, 7) is 8.02. The molecule has 1 N–H and O–H groups in total. The first kappa shape index (κ1) is 13.4. The van der Waals surface area contributed by atoms with Gasteiger partial charge in [-0.05, 0) is 52.0 Å². The van der Waals surface area contributed by atoms with Crippen molar-refractivity contribution in [2.24, 2.45) is 0 Å². The first-order valence-electron chi connectivity index (χ1n) is 5.63. The molecule has 0 aliphatic carbocycles. The van der Waals surface area contributed by atoms with E-state index in [-0.39, 0.29) is 0 Å². The van der Waals surface area contributed by atoms with Crippen LogP contribution in [0.3, 0.4) is 0 Å². The Morgan fingerprint density at radius 3 is 2.29 bits per heavy atom. The topological polar surface area (TPSA) is 47.6 Å². The number of amides is 1. The van der Waals surface area contributed by atoms with Crippen LogP contribution in [0.5, 0.6) is 5.75 Å². The molecule has 0 aliphatic heterocycles. The molecule has 4 nitrogen and oxygen atoms in total. The predicted molar refractivity (Wildman–Crippen MR) is 67.5 cm³/mol. The number of hydrogen-bond acceptors (Lipinski definition) is 3. The fourth-order valence-electron chi connectivity index (χ4n) is 1.22. The smallest absolute Gasteiger partial charge is 0.412 e. The van der Waals surface area contributed by atoms with Gasteiger partial charge in [0.2, 0.25) is 0 Å². The van der Waals surface area contributed by atoms with E-state index in [0.29, 0.717) is 12.3 Å². The van der Waals surface area contributed by atoms with E-state index < -0.39 is 11.7 Å². The van der Waals surface area contributed by atoms with E-state index in [2.05, 4.69) is 5.32 Å². The summed E-state index contributed by atoms with van der Waals surface area (Å²) >= 11 is 0. The van der Waals surface area contributed by atoms with Gasteiger partial charge in [0.25, 0.3) is 0 Å². The van der Waals surface area contributed by atoms with E-state index >= 15 is 0 Å². The van der Waals surface area contributed by atoms with Crippen molar-refractivity contribution in [1.29, 1.82) is 0 Å². The van der Waals surface area contributed by atoms with Crippen LogP contribution < -0.4 is 10.1 Å². The largest absolute Gasteiger partial charge is 0.494 e. The molecule has 1 rings (SSSR count). The minimum Gasteiger partial charge on any atom is -0.494 e. The number of carbonyl (C=O) groups is 1. The van der Waals surface area contributed by atoms with Gasteiger partial charge in [0, 0.05) is 5.69 Å². The highest BCUT2D eigenvalue weighted by molar-refractivity contribution is 5.84. The van der Waals surface area contributed by atoms with Gasteiger partial charge in [-0.15, -0.1) is 0 Å². The van der Waals surface area contributed by atoms with Crippen LogP contribution in [0.15, 0.2) is 24.3 Å². The monoisotopic (exact) mass is 237 g/mol. The molecule has 0 bridgehead atoms. The lowest BCUT2D eigenvalue weighted by atomic mass is 10.2. The quantitative estimate of drug-likeness (QED) is 0.876. The van der Waals surface area contributed by atoms with Crippen LogP contribution >= 0.6 is 0 Å². The molecule has 0 unspecified atom stereocenters. The van der Waals surface area contributed by atoms with Crippen molar-refractivity contribution in [1.82, 2.24) is 0 Å². The standard InChI is InChI=1S/C13H19NO3/c1-5-16-11-8-6-10(7-9-11)14-12(15)17-13(2,3)4/h6-9H,5H2,1-4H3,(H,14,15).